The number of anilines is 1. The van der Waals surface area contributed by atoms with Gasteiger partial charge in [0.05, 0.1) is 12.8 Å². The molecule has 0 saturated heterocycles. The van der Waals surface area contributed by atoms with Crippen molar-refractivity contribution in [3.05, 3.63) is 71.0 Å². The molecule has 32 heavy (non-hydrogen) atoms. The fourth-order valence-electron chi connectivity index (χ4n) is 4.14. The minimum absolute atomic E-state index is 0. The Balaban J connectivity index is 0.00000289. The van der Waals surface area contributed by atoms with Crippen LogP contribution in [0.25, 0.3) is 5.52 Å². The summed E-state index contributed by atoms with van der Waals surface area (Å²) in [6.07, 6.45) is 4.94. The standard InChI is InChI=1S/C24H25N3O4.ClH/c1-31-22(29)15-26-17-7-4-6-16(14-17)24(30)25-12-11-18-19-8-5-10-21(28)23(19)27-13-3-2-9-20(18)27;/h2-4,6-7,9,13-14,26H,5,8,10-12,15H2,1H3,(H,25,30);1H. The average Bonchev–Trinajstić information content (AvgIpc) is 3.12. The number of hydrogen-bond acceptors (Lipinski definition) is 5. The summed E-state index contributed by atoms with van der Waals surface area (Å²) >= 11 is 0. The van der Waals surface area contributed by atoms with Gasteiger partial charge in [0.15, 0.2) is 5.78 Å². The van der Waals surface area contributed by atoms with E-state index in [1.807, 2.05) is 28.8 Å². The number of nitrogens with one attached hydrogen (secondary N) is 2. The largest absolute Gasteiger partial charge is 0.468 e. The molecule has 8 heteroatoms. The number of ether oxygens (including phenoxy) is 1. The van der Waals surface area contributed by atoms with Crippen LogP contribution in [0.3, 0.4) is 0 Å². The number of fused-ring (bicyclic) bond motifs is 3. The molecule has 0 saturated carbocycles. The Kier molecular flexibility index (Phi) is 7.53. The zero-order valence-electron chi connectivity index (χ0n) is 17.8. The highest BCUT2D eigenvalue weighted by Gasteiger charge is 2.25. The Bertz CT molecular complexity index is 1160. The van der Waals surface area contributed by atoms with Crippen LogP contribution in [0.5, 0.6) is 0 Å². The molecule has 3 aromatic rings. The van der Waals surface area contributed by atoms with Crippen LogP contribution >= 0.6 is 12.4 Å². The molecule has 7 nitrogen and oxygen atoms in total. The number of hydrogen-bond donors (Lipinski definition) is 2. The van der Waals surface area contributed by atoms with Crippen molar-refractivity contribution < 1.29 is 19.1 Å². The molecule has 1 aliphatic rings. The number of Topliss-reactive ketones (excluding diaryl/α,β-unsaturated/α-hetero) is 1. The van der Waals surface area contributed by atoms with Gasteiger partial charge in [0.25, 0.3) is 5.91 Å². The lowest BCUT2D eigenvalue weighted by molar-refractivity contribution is -0.138. The highest BCUT2D eigenvalue weighted by atomic mass is 35.5. The van der Waals surface area contributed by atoms with Crippen molar-refractivity contribution in [2.75, 3.05) is 25.5 Å². The number of ketones is 1. The molecule has 0 spiro atoms. The number of amides is 1. The van der Waals surface area contributed by atoms with Crippen LogP contribution in [0, 0.1) is 0 Å². The van der Waals surface area contributed by atoms with Crippen molar-refractivity contribution in [1.29, 1.82) is 0 Å². The molecule has 0 radical (unpaired) electrons. The first-order valence-corrected chi connectivity index (χ1v) is 10.4. The molecular formula is C24H26ClN3O4. The molecular weight excluding hydrogens is 430 g/mol. The molecule has 2 N–H and O–H groups in total. The number of benzene rings is 1. The molecule has 2 aromatic heterocycles. The molecule has 2 heterocycles. The van der Waals surface area contributed by atoms with Gasteiger partial charge in [0, 0.05) is 35.9 Å². The summed E-state index contributed by atoms with van der Waals surface area (Å²) < 4.78 is 6.60. The van der Waals surface area contributed by atoms with Crippen molar-refractivity contribution >= 4 is 41.3 Å². The first kappa shape index (κ1) is 23.3. The molecule has 1 aromatic carbocycles. The number of carbonyl (C=O) groups excluding carboxylic acids is 3. The van der Waals surface area contributed by atoms with Crippen molar-refractivity contribution in [1.82, 2.24) is 9.72 Å². The molecule has 0 fully saturated rings. The zero-order chi connectivity index (χ0) is 21.8. The molecule has 168 valence electrons. The van der Waals surface area contributed by atoms with E-state index in [9.17, 15) is 14.4 Å². The smallest absolute Gasteiger partial charge is 0.325 e. The third-order valence-electron chi connectivity index (χ3n) is 5.60. The van der Waals surface area contributed by atoms with Gasteiger partial charge >= 0.3 is 5.97 Å². The molecule has 0 bridgehead atoms. The lowest BCUT2D eigenvalue weighted by atomic mass is 9.92. The molecule has 0 aliphatic heterocycles. The Morgan fingerprint density at radius 2 is 1.97 bits per heavy atom. The van der Waals surface area contributed by atoms with Gasteiger partial charge in [-0.25, -0.2) is 0 Å². The molecule has 4 rings (SSSR count). The molecule has 0 atom stereocenters. The Labute approximate surface area is 192 Å². The zero-order valence-corrected chi connectivity index (χ0v) is 18.7. The third kappa shape index (κ3) is 4.78. The Morgan fingerprint density at radius 3 is 2.78 bits per heavy atom. The predicted molar refractivity (Wildman–Crippen MR) is 125 cm³/mol. The highest BCUT2D eigenvalue weighted by Crippen LogP contribution is 2.30. The van der Waals surface area contributed by atoms with Gasteiger partial charge in [-0.3, -0.25) is 14.4 Å². The minimum atomic E-state index is -0.378. The average molecular weight is 456 g/mol. The van der Waals surface area contributed by atoms with Gasteiger partial charge in [0.2, 0.25) is 0 Å². The lowest BCUT2D eigenvalue weighted by Crippen LogP contribution is -2.26. The summed E-state index contributed by atoms with van der Waals surface area (Å²) in [7, 11) is 1.33. The predicted octanol–water partition coefficient (Wildman–Crippen LogP) is 3.44. The quantitative estimate of drug-likeness (QED) is 0.533. The van der Waals surface area contributed by atoms with E-state index in [1.165, 1.54) is 7.11 Å². The number of aromatic nitrogens is 1. The molecule has 0 unspecified atom stereocenters. The number of nitrogens with zero attached hydrogens (tertiary/aromatic N) is 1. The number of halogens is 1. The maximum Gasteiger partial charge on any atom is 0.325 e. The van der Waals surface area contributed by atoms with Crippen molar-refractivity contribution in [3.8, 4) is 0 Å². The summed E-state index contributed by atoms with van der Waals surface area (Å²) in [5, 5.41) is 5.91. The summed E-state index contributed by atoms with van der Waals surface area (Å²) in [5.41, 5.74) is 5.26. The van der Waals surface area contributed by atoms with Gasteiger partial charge in [-0.15, -0.1) is 12.4 Å². The van der Waals surface area contributed by atoms with E-state index in [0.717, 1.165) is 35.2 Å². The monoisotopic (exact) mass is 455 g/mol. The number of pyridine rings is 1. The van der Waals surface area contributed by atoms with Crippen LogP contribution in [0.1, 0.15) is 44.8 Å². The molecule has 1 amide bonds. The second-order valence-electron chi connectivity index (χ2n) is 7.55. The maximum atomic E-state index is 12.6. The fourth-order valence-corrected chi connectivity index (χ4v) is 4.14. The number of rotatable bonds is 7. The Hall–Kier alpha value is -3.32. The van der Waals surface area contributed by atoms with Gasteiger partial charge in [-0.05, 0) is 60.7 Å². The summed E-state index contributed by atoms with van der Waals surface area (Å²) in [4.78, 5) is 36.4. The van der Waals surface area contributed by atoms with Crippen LogP contribution in [0.4, 0.5) is 5.69 Å². The summed E-state index contributed by atoms with van der Waals surface area (Å²) in [6.45, 7) is 0.501. The van der Waals surface area contributed by atoms with E-state index >= 15 is 0 Å². The number of methoxy groups -OCH3 is 1. The third-order valence-corrected chi connectivity index (χ3v) is 5.60. The minimum Gasteiger partial charge on any atom is -0.468 e. The van der Waals surface area contributed by atoms with E-state index in [2.05, 4.69) is 15.4 Å². The van der Waals surface area contributed by atoms with Crippen LogP contribution in [0.15, 0.2) is 48.7 Å². The SMILES string of the molecule is COC(=O)CNc1cccc(C(=O)NCCc2c3c(n4ccccc24)C(=O)CCC3)c1.Cl. The van der Waals surface area contributed by atoms with Gasteiger partial charge in [-0.1, -0.05) is 12.1 Å². The summed E-state index contributed by atoms with van der Waals surface area (Å²) in [5.74, 6) is -0.374. The fraction of sp³-hybridized carbons (Fsp3) is 0.292. The highest BCUT2D eigenvalue weighted by molar-refractivity contribution is 5.99. The van der Waals surface area contributed by atoms with E-state index < -0.39 is 0 Å². The van der Waals surface area contributed by atoms with Crippen molar-refractivity contribution in [2.45, 2.75) is 25.7 Å². The lowest BCUT2D eigenvalue weighted by Gasteiger charge is -2.13. The molecule has 1 aliphatic carbocycles. The second kappa shape index (κ2) is 10.3. The first-order chi connectivity index (χ1) is 15.1. The normalized spacial score (nSPS) is 12.6. The first-order valence-electron chi connectivity index (χ1n) is 10.4. The van der Waals surface area contributed by atoms with Crippen LogP contribution < -0.4 is 10.6 Å². The van der Waals surface area contributed by atoms with Gasteiger partial charge in [-0.2, -0.15) is 0 Å². The Morgan fingerprint density at radius 1 is 1.12 bits per heavy atom. The van der Waals surface area contributed by atoms with Crippen molar-refractivity contribution in [3.63, 3.8) is 0 Å². The van der Waals surface area contributed by atoms with E-state index in [-0.39, 0.29) is 36.6 Å². The van der Waals surface area contributed by atoms with E-state index in [0.29, 0.717) is 30.6 Å². The topological polar surface area (TPSA) is 88.9 Å². The maximum absolute atomic E-state index is 12.6. The van der Waals surface area contributed by atoms with Gasteiger partial charge in [0.1, 0.15) is 6.54 Å². The van der Waals surface area contributed by atoms with Crippen molar-refractivity contribution in [2.24, 2.45) is 0 Å². The summed E-state index contributed by atoms with van der Waals surface area (Å²) in [6, 6.07) is 12.9. The van der Waals surface area contributed by atoms with Crippen LogP contribution in [-0.4, -0.2) is 42.3 Å². The number of esters is 1. The second-order valence-corrected chi connectivity index (χ2v) is 7.55. The van der Waals surface area contributed by atoms with Crippen LogP contribution in [0.2, 0.25) is 0 Å². The van der Waals surface area contributed by atoms with Crippen LogP contribution in [-0.2, 0) is 22.4 Å². The van der Waals surface area contributed by atoms with E-state index in [1.54, 1.807) is 24.3 Å². The van der Waals surface area contributed by atoms with Gasteiger partial charge < -0.3 is 19.8 Å². The number of carbonyl (C=O) groups is 3. The van der Waals surface area contributed by atoms with E-state index in [4.69, 9.17) is 0 Å².